The van der Waals surface area contributed by atoms with Gasteiger partial charge in [-0.3, -0.25) is 0 Å². The quantitative estimate of drug-likeness (QED) is 0.732. The molecule has 3 heteroatoms. The Morgan fingerprint density at radius 2 is 2.25 bits per heavy atom. The van der Waals surface area contributed by atoms with E-state index >= 15 is 0 Å². The van der Waals surface area contributed by atoms with Crippen LogP contribution >= 0.6 is 15.9 Å². The van der Waals surface area contributed by atoms with Crippen molar-refractivity contribution in [2.24, 2.45) is 5.73 Å². The second-order valence-electron chi connectivity index (χ2n) is 2.29. The zero-order chi connectivity index (χ0) is 9.14. The van der Waals surface area contributed by atoms with Crippen LogP contribution in [0, 0.1) is 18.2 Å². The van der Waals surface area contributed by atoms with Crippen LogP contribution in [0.2, 0.25) is 0 Å². The van der Waals surface area contributed by atoms with Crippen LogP contribution in [-0.4, -0.2) is 0 Å². The smallest absolute Gasteiger partial charge is 0.143 e. The summed E-state index contributed by atoms with van der Waals surface area (Å²) in [5.41, 5.74) is 5.81. The zero-order valence-corrected chi connectivity index (χ0v) is 7.81. The van der Waals surface area contributed by atoms with Crippen molar-refractivity contribution in [1.29, 1.82) is 0 Å². The third-order valence-electron chi connectivity index (χ3n) is 1.50. The first-order chi connectivity index (χ1) is 5.66. The molecular formula is C9H7BrFN. The van der Waals surface area contributed by atoms with Crippen molar-refractivity contribution in [3.05, 3.63) is 34.1 Å². The van der Waals surface area contributed by atoms with E-state index in [1.165, 1.54) is 0 Å². The lowest BCUT2D eigenvalue weighted by Crippen LogP contribution is -2.09. The summed E-state index contributed by atoms with van der Waals surface area (Å²) in [5, 5.41) is 0. The highest BCUT2D eigenvalue weighted by Gasteiger charge is 2.10. The second-order valence-corrected chi connectivity index (χ2v) is 3.14. The van der Waals surface area contributed by atoms with Crippen LogP contribution in [0.1, 0.15) is 11.6 Å². The van der Waals surface area contributed by atoms with E-state index in [4.69, 9.17) is 12.2 Å². The summed E-state index contributed by atoms with van der Waals surface area (Å²) in [5.74, 6) is 1.88. The van der Waals surface area contributed by atoms with Crippen molar-refractivity contribution in [2.75, 3.05) is 0 Å². The molecule has 1 rings (SSSR count). The SMILES string of the molecule is C#C[C@@H](N)c1cccc(Br)c1F. The maximum absolute atomic E-state index is 13.2. The Hall–Kier alpha value is -0.850. The zero-order valence-electron chi connectivity index (χ0n) is 6.22. The summed E-state index contributed by atoms with van der Waals surface area (Å²) in [7, 11) is 0. The monoisotopic (exact) mass is 227 g/mol. The van der Waals surface area contributed by atoms with E-state index < -0.39 is 6.04 Å². The standard InChI is InChI=1S/C9H7BrFN/c1-2-8(12)6-4-3-5-7(10)9(6)11/h1,3-5,8H,12H2/t8-/m1/s1. The van der Waals surface area contributed by atoms with Crippen molar-refractivity contribution in [1.82, 2.24) is 0 Å². The largest absolute Gasteiger partial charge is 0.314 e. The van der Waals surface area contributed by atoms with Gasteiger partial charge < -0.3 is 5.73 Å². The van der Waals surface area contributed by atoms with Gasteiger partial charge in [-0.15, -0.1) is 6.42 Å². The van der Waals surface area contributed by atoms with Crippen LogP contribution in [0.25, 0.3) is 0 Å². The van der Waals surface area contributed by atoms with E-state index in [9.17, 15) is 4.39 Å². The first-order valence-corrected chi connectivity index (χ1v) is 4.11. The Labute approximate surface area is 78.9 Å². The highest BCUT2D eigenvalue weighted by atomic mass is 79.9. The van der Waals surface area contributed by atoms with E-state index in [2.05, 4.69) is 21.9 Å². The molecule has 62 valence electrons. The summed E-state index contributed by atoms with van der Waals surface area (Å²) in [6.45, 7) is 0. The van der Waals surface area contributed by atoms with Crippen LogP contribution < -0.4 is 5.73 Å². The summed E-state index contributed by atoms with van der Waals surface area (Å²) < 4.78 is 13.6. The van der Waals surface area contributed by atoms with Gasteiger partial charge in [0.15, 0.2) is 0 Å². The maximum atomic E-state index is 13.2. The fourth-order valence-electron chi connectivity index (χ4n) is 0.850. The first kappa shape index (κ1) is 9.24. The number of halogens is 2. The summed E-state index contributed by atoms with van der Waals surface area (Å²) in [6.07, 6.45) is 5.07. The lowest BCUT2D eigenvalue weighted by atomic mass is 10.1. The minimum absolute atomic E-state index is 0.340. The molecule has 2 N–H and O–H groups in total. The van der Waals surface area contributed by atoms with Gasteiger partial charge in [0.2, 0.25) is 0 Å². The van der Waals surface area contributed by atoms with Gasteiger partial charge in [-0.2, -0.15) is 0 Å². The lowest BCUT2D eigenvalue weighted by molar-refractivity contribution is 0.598. The fraction of sp³-hybridized carbons (Fsp3) is 0.111. The van der Waals surface area contributed by atoms with Crippen LogP contribution in [-0.2, 0) is 0 Å². The highest BCUT2D eigenvalue weighted by Crippen LogP contribution is 2.21. The fourth-order valence-corrected chi connectivity index (χ4v) is 1.23. The molecule has 0 unspecified atom stereocenters. The Morgan fingerprint density at radius 1 is 1.58 bits per heavy atom. The molecule has 1 atom stereocenters. The molecule has 0 aliphatic rings. The van der Waals surface area contributed by atoms with E-state index in [-0.39, 0.29) is 5.82 Å². The van der Waals surface area contributed by atoms with Gasteiger partial charge in [0, 0.05) is 5.56 Å². The number of hydrogen-bond donors (Lipinski definition) is 1. The molecule has 0 saturated heterocycles. The summed E-state index contributed by atoms with van der Waals surface area (Å²) in [4.78, 5) is 0. The first-order valence-electron chi connectivity index (χ1n) is 3.32. The molecule has 0 heterocycles. The van der Waals surface area contributed by atoms with Crippen molar-refractivity contribution in [3.8, 4) is 12.3 Å². The third-order valence-corrected chi connectivity index (χ3v) is 2.11. The molecule has 0 spiro atoms. The summed E-state index contributed by atoms with van der Waals surface area (Å²) in [6, 6.07) is 4.19. The molecule has 1 aromatic rings. The Morgan fingerprint density at radius 3 is 2.83 bits per heavy atom. The molecular weight excluding hydrogens is 221 g/mol. The molecule has 0 bridgehead atoms. The Bertz CT molecular complexity index is 330. The molecule has 1 aromatic carbocycles. The minimum Gasteiger partial charge on any atom is -0.314 e. The number of nitrogens with two attached hydrogens (primary N) is 1. The lowest BCUT2D eigenvalue weighted by Gasteiger charge is -2.06. The van der Waals surface area contributed by atoms with E-state index in [0.717, 1.165) is 0 Å². The van der Waals surface area contributed by atoms with E-state index in [1.807, 2.05) is 0 Å². The third kappa shape index (κ3) is 1.66. The molecule has 0 aliphatic carbocycles. The van der Waals surface area contributed by atoms with Crippen LogP contribution in [0.5, 0.6) is 0 Å². The topological polar surface area (TPSA) is 26.0 Å². The van der Waals surface area contributed by atoms with Gasteiger partial charge in [0.1, 0.15) is 5.82 Å². The van der Waals surface area contributed by atoms with Crippen molar-refractivity contribution in [2.45, 2.75) is 6.04 Å². The van der Waals surface area contributed by atoms with Crippen molar-refractivity contribution < 1.29 is 4.39 Å². The number of benzene rings is 1. The molecule has 0 aliphatic heterocycles. The van der Waals surface area contributed by atoms with Crippen LogP contribution in [0.4, 0.5) is 4.39 Å². The molecule has 0 radical (unpaired) electrons. The number of hydrogen-bond acceptors (Lipinski definition) is 1. The van der Waals surface area contributed by atoms with Gasteiger partial charge in [0.25, 0.3) is 0 Å². The van der Waals surface area contributed by atoms with Crippen molar-refractivity contribution in [3.63, 3.8) is 0 Å². The maximum Gasteiger partial charge on any atom is 0.143 e. The second kappa shape index (κ2) is 3.70. The molecule has 0 aromatic heterocycles. The van der Waals surface area contributed by atoms with Crippen molar-refractivity contribution >= 4 is 15.9 Å². The molecule has 0 fully saturated rings. The van der Waals surface area contributed by atoms with Crippen LogP contribution in [0.15, 0.2) is 22.7 Å². The van der Waals surface area contributed by atoms with Gasteiger partial charge >= 0.3 is 0 Å². The Balaban J connectivity index is 3.18. The van der Waals surface area contributed by atoms with E-state index in [1.54, 1.807) is 18.2 Å². The number of terminal acetylenes is 1. The average molecular weight is 228 g/mol. The molecule has 0 saturated carbocycles. The molecule has 1 nitrogen and oxygen atoms in total. The van der Waals surface area contributed by atoms with Gasteiger partial charge in [0.05, 0.1) is 10.5 Å². The molecule has 0 amide bonds. The van der Waals surface area contributed by atoms with Gasteiger partial charge in [-0.25, -0.2) is 4.39 Å². The van der Waals surface area contributed by atoms with Gasteiger partial charge in [-0.05, 0) is 22.0 Å². The van der Waals surface area contributed by atoms with Gasteiger partial charge in [-0.1, -0.05) is 18.1 Å². The predicted octanol–water partition coefficient (Wildman–Crippen LogP) is 2.22. The minimum atomic E-state index is -0.678. The molecule has 12 heavy (non-hydrogen) atoms. The Kier molecular flexibility index (Phi) is 2.85. The summed E-state index contributed by atoms with van der Waals surface area (Å²) >= 11 is 3.04. The average Bonchev–Trinajstić information content (AvgIpc) is 2.08. The normalized spacial score (nSPS) is 12.2. The van der Waals surface area contributed by atoms with E-state index in [0.29, 0.717) is 10.0 Å². The van der Waals surface area contributed by atoms with Crippen LogP contribution in [0.3, 0.4) is 0 Å². The predicted molar refractivity (Wildman–Crippen MR) is 49.9 cm³/mol. The highest BCUT2D eigenvalue weighted by molar-refractivity contribution is 9.10. The number of rotatable bonds is 1.